The zero-order valence-corrected chi connectivity index (χ0v) is 12.9. The van der Waals surface area contributed by atoms with E-state index in [4.69, 9.17) is 4.98 Å². The zero-order chi connectivity index (χ0) is 14.2. The fraction of sp³-hybridized carbons (Fsp3) is 0.278. The van der Waals surface area contributed by atoms with Gasteiger partial charge in [-0.2, -0.15) is 0 Å². The highest BCUT2D eigenvalue weighted by molar-refractivity contribution is 7.18. The van der Waals surface area contributed by atoms with E-state index >= 15 is 0 Å². The van der Waals surface area contributed by atoms with Crippen molar-refractivity contribution in [2.24, 2.45) is 0 Å². The second-order valence-electron chi connectivity index (χ2n) is 5.75. The minimum absolute atomic E-state index is 0.315. The monoisotopic (exact) mass is 294 g/mol. The molecule has 2 unspecified atom stereocenters. The van der Waals surface area contributed by atoms with Crippen molar-refractivity contribution in [3.63, 3.8) is 0 Å². The summed E-state index contributed by atoms with van der Waals surface area (Å²) < 4.78 is 1.27. The summed E-state index contributed by atoms with van der Waals surface area (Å²) in [4.78, 5) is 4.73. The van der Waals surface area contributed by atoms with Crippen LogP contribution in [0, 0.1) is 0 Å². The van der Waals surface area contributed by atoms with Gasteiger partial charge >= 0.3 is 0 Å². The summed E-state index contributed by atoms with van der Waals surface area (Å²) in [6, 6.07) is 17.4. The fourth-order valence-electron chi connectivity index (χ4n) is 3.03. The second-order valence-corrected chi connectivity index (χ2v) is 6.81. The Morgan fingerprint density at radius 1 is 1.19 bits per heavy atom. The van der Waals surface area contributed by atoms with Crippen molar-refractivity contribution >= 4 is 21.6 Å². The Balaban J connectivity index is 1.43. The molecule has 1 N–H and O–H groups in total. The first-order chi connectivity index (χ1) is 10.3. The summed E-state index contributed by atoms with van der Waals surface area (Å²) in [5, 5.41) is 4.83. The predicted octanol–water partition coefficient (Wildman–Crippen LogP) is 4.29. The van der Waals surface area contributed by atoms with Crippen molar-refractivity contribution in [3.8, 4) is 0 Å². The number of thiazole rings is 1. The normalized spacial score (nSPS) is 18.2. The molecule has 1 heterocycles. The third-order valence-electron chi connectivity index (χ3n) is 4.31. The van der Waals surface area contributed by atoms with Crippen LogP contribution in [0.4, 0.5) is 0 Å². The van der Waals surface area contributed by atoms with Gasteiger partial charge in [-0.1, -0.05) is 36.4 Å². The Morgan fingerprint density at radius 2 is 2.00 bits per heavy atom. The zero-order valence-electron chi connectivity index (χ0n) is 12.0. The van der Waals surface area contributed by atoms with Crippen LogP contribution in [-0.4, -0.2) is 11.5 Å². The van der Waals surface area contributed by atoms with E-state index in [1.54, 1.807) is 11.3 Å². The lowest BCUT2D eigenvalue weighted by molar-refractivity contribution is 0.488. The van der Waals surface area contributed by atoms with Gasteiger partial charge < -0.3 is 5.32 Å². The first-order valence-corrected chi connectivity index (χ1v) is 8.29. The topological polar surface area (TPSA) is 24.9 Å². The quantitative estimate of drug-likeness (QED) is 0.776. The van der Waals surface area contributed by atoms with Gasteiger partial charge in [-0.05, 0) is 36.6 Å². The van der Waals surface area contributed by atoms with Crippen LogP contribution in [0.1, 0.15) is 35.0 Å². The Hall–Kier alpha value is -1.71. The van der Waals surface area contributed by atoms with E-state index < -0.39 is 0 Å². The Bertz CT molecular complexity index is 744. The minimum atomic E-state index is 0.315. The molecule has 0 bridgehead atoms. The van der Waals surface area contributed by atoms with E-state index in [1.807, 2.05) is 0 Å². The maximum absolute atomic E-state index is 4.73. The molecule has 4 rings (SSSR count). The molecule has 3 heteroatoms. The number of nitrogens with one attached hydrogen (secondary N) is 1. The average molecular weight is 294 g/mol. The van der Waals surface area contributed by atoms with Gasteiger partial charge in [0.05, 0.1) is 16.3 Å². The summed E-state index contributed by atoms with van der Waals surface area (Å²) in [6.07, 6.45) is 1.20. The van der Waals surface area contributed by atoms with E-state index in [0.717, 1.165) is 12.1 Å². The number of hydrogen-bond acceptors (Lipinski definition) is 3. The second kappa shape index (κ2) is 5.24. The van der Waals surface area contributed by atoms with Crippen molar-refractivity contribution in [1.29, 1.82) is 0 Å². The van der Waals surface area contributed by atoms with Gasteiger partial charge in [0.1, 0.15) is 5.01 Å². The van der Waals surface area contributed by atoms with E-state index in [1.165, 1.54) is 27.3 Å². The molecule has 1 aliphatic carbocycles. The lowest BCUT2D eigenvalue weighted by Gasteiger charge is -2.31. The van der Waals surface area contributed by atoms with Crippen molar-refractivity contribution in [1.82, 2.24) is 10.3 Å². The van der Waals surface area contributed by atoms with Crippen molar-refractivity contribution in [2.45, 2.75) is 25.3 Å². The van der Waals surface area contributed by atoms with E-state index in [-0.39, 0.29) is 0 Å². The van der Waals surface area contributed by atoms with Crippen LogP contribution < -0.4 is 5.32 Å². The molecule has 2 nitrogen and oxygen atoms in total. The highest BCUT2D eigenvalue weighted by Crippen LogP contribution is 2.34. The number of nitrogens with zero attached hydrogens (tertiary/aromatic N) is 1. The molecule has 1 aliphatic rings. The Kier molecular flexibility index (Phi) is 3.24. The van der Waals surface area contributed by atoms with Gasteiger partial charge in [-0.25, -0.2) is 4.98 Å². The molecule has 0 fully saturated rings. The van der Waals surface area contributed by atoms with E-state index in [2.05, 4.69) is 60.8 Å². The van der Waals surface area contributed by atoms with Gasteiger partial charge in [0.25, 0.3) is 0 Å². The minimum Gasteiger partial charge on any atom is -0.308 e. The van der Waals surface area contributed by atoms with Crippen LogP contribution in [-0.2, 0) is 6.42 Å². The molecule has 3 aromatic rings. The van der Waals surface area contributed by atoms with Gasteiger partial charge in [0.15, 0.2) is 0 Å². The van der Waals surface area contributed by atoms with E-state index in [0.29, 0.717) is 12.0 Å². The number of fused-ring (bicyclic) bond motifs is 2. The van der Waals surface area contributed by atoms with Gasteiger partial charge in [0.2, 0.25) is 0 Å². The molecule has 2 aromatic carbocycles. The molecule has 0 amide bonds. The lowest BCUT2D eigenvalue weighted by atomic mass is 9.77. The SMILES string of the molecule is CC(NCC1Cc2ccccc21)c1nc2ccccc2s1. The molecular weight excluding hydrogens is 276 g/mol. The van der Waals surface area contributed by atoms with Crippen molar-refractivity contribution < 1.29 is 0 Å². The van der Waals surface area contributed by atoms with Crippen LogP contribution in [0.3, 0.4) is 0 Å². The molecule has 0 saturated heterocycles. The largest absolute Gasteiger partial charge is 0.308 e. The first kappa shape index (κ1) is 13.0. The van der Waals surface area contributed by atoms with Crippen molar-refractivity contribution in [2.75, 3.05) is 6.54 Å². The Morgan fingerprint density at radius 3 is 2.86 bits per heavy atom. The van der Waals surface area contributed by atoms with Gasteiger partial charge in [0, 0.05) is 12.5 Å². The molecule has 0 radical (unpaired) electrons. The number of rotatable bonds is 4. The summed E-state index contributed by atoms with van der Waals surface area (Å²) in [7, 11) is 0. The fourth-order valence-corrected chi connectivity index (χ4v) is 4.02. The Labute approximate surface area is 128 Å². The van der Waals surface area contributed by atoms with E-state index in [9.17, 15) is 0 Å². The highest BCUT2D eigenvalue weighted by Gasteiger charge is 2.25. The molecule has 21 heavy (non-hydrogen) atoms. The summed E-state index contributed by atoms with van der Waals surface area (Å²) >= 11 is 1.79. The summed E-state index contributed by atoms with van der Waals surface area (Å²) in [5.41, 5.74) is 4.14. The predicted molar refractivity (Wildman–Crippen MR) is 88.9 cm³/mol. The smallest absolute Gasteiger partial charge is 0.111 e. The maximum Gasteiger partial charge on any atom is 0.111 e. The van der Waals surface area contributed by atoms with Gasteiger partial charge in [-0.15, -0.1) is 11.3 Å². The van der Waals surface area contributed by atoms with Crippen LogP contribution in [0.2, 0.25) is 0 Å². The molecule has 106 valence electrons. The maximum atomic E-state index is 4.73. The van der Waals surface area contributed by atoms with Crippen LogP contribution >= 0.6 is 11.3 Å². The molecule has 1 aromatic heterocycles. The lowest BCUT2D eigenvalue weighted by Crippen LogP contribution is -2.30. The molecule has 0 spiro atoms. The standard InChI is InChI=1S/C18H18N2S/c1-12(18-20-16-8-4-5-9-17(16)21-18)19-11-14-10-13-6-2-3-7-15(13)14/h2-9,12,14,19H,10-11H2,1H3. The third-order valence-corrected chi connectivity index (χ3v) is 5.53. The summed E-state index contributed by atoms with van der Waals surface area (Å²) in [5.74, 6) is 0.665. The van der Waals surface area contributed by atoms with Crippen LogP contribution in [0.5, 0.6) is 0 Å². The van der Waals surface area contributed by atoms with Crippen LogP contribution in [0.15, 0.2) is 48.5 Å². The summed E-state index contributed by atoms with van der Waals surface area (Å²) in [6.45, 7) is 3.25. The molecular formula is C18H18N2S. The molecule has 0 aliphatic heterocycles. The van der Waals surface area contributed by atoms with Crippen LogP contribution in [0.25, 0.3) is 10.2 Å². The number of hydrogen-bond donors (Lipinski definition) is 1. The average Bonchev–Trinajstić information content (AvgIpc) is 2.92. The number of para-hydroxylation sites is 1. The molecule has 0 saturated carbocycles. The number of benzene rings is 2. The van der Waals surface area contributed by atoms with Crippen molar-refractivity contribution in [3.05, 3.63) is 64.7 Å². The molecule has 2 atom stereocenters. The third kappa shape index (κ3) is 2.37. The number of aromatic nitrogens is 1. The first-order valence-electron chi connectivity index (χ1n) is 7.48. The van der Waals surface area contributed by atoms with Gasteiger partial charge in [-0.3, -0.25) is 0 Å². The highest BCUT2D eigenvalue weighted by atomic mass is 32.1.